The van der Waals surface area contributed by atoms with Gasteiger partial charge in [-0.3, -0.25) is 19.7 Å². The Hall–Kier alpha value is -2.93. The number of carbonyl (C=O) groups excluding carboxylic acids is 2. The molecule has 1 atom stereocenters. The molecule has 26 heavy (non-hydrogen) atoms. The van der Waals surface area contributed by atoms with Gasteiger partial charge in [-0.1, -0.05) is 29.8 Å². The van der Waals surface area contributed by atoms with E-state index in [1.807, 2.05) is 0 Å². The summed E-state index contributed by atoms with van der Waals surface area (Å²) in [6.07, 6.45) is -0.151. The Kier molecular flexibility index (Phi) is 6.68. The van der Waals surface area contributed by atoms with Crippen molar-refractivity contribution in [1.82, 2.24) is 5.32 Å². The third-order valence-corrected chi connectivity index (χ3v) is 3.79. The predicted octanol–water partition coefficient (Wildman–Crippen LogP) is 3.67. The van der Waals surface area contributed by atoms with Crippen LogP contribution in [0.1, 0.15) is 35.3 Å². The summed E-state index contributed by atoms with van der Waals surface area (Å²) in [4.78, 5) is 34.8. The number of nitrogens with one attached hydrogen (secondary N) is 1. The zero-order chi connectivity index (χ0) is 19.1. The van der Waals surface area contributed by atoms with Gasteiger partial charge in [0.2, 0.25) is 0 Å². The molecule has 2 aromatic rings. The molecule has 136 valence electrons. The summed E-state index contributed by atoms with van der Waals surface area (Å²) in [5.74, 6) is -0.969. The zero-order valence-corrected chi connectivity index (χ0v) is 14.7. The number of benzene rings is 2. The van der Waals surface area contributed by atoms with E-state index < -0.39 is 22.8 Å². The summed E-state index contributed by atoms with van der Waals surface area (Å²) < 4.78 is 4.93. The number of amides is 1. The summed E-state index contributed by atoms with van der Waals surface area (Å²) >= 11 is 5.89. The molecule has 0 heterocycles. The van der Waals surface area contributed by atoms with Crippen molar-refractivity contribution >= 4 is 29.2 Å². The lowest BCUT2D eigenvalue weighted by molar-refractivity contribution is -0.384. The van der Waals surface area contributed by atoms with Crippen LogP contribution >= 0.6 is 11.6 Å². The minimum atomic E-state index is -0.777. The second kappa shape index (κ2) is 8.96. The van der Waals surface area contributed by atoms with E-state index in [-0.39, 0.29) is 18.7 Å². The average Bonchev–Trinajstić information content (AvgIpc) is 2.61. The molecule has 7 nitrogen and oxygen atoms in total. The Balaban J connectivity index is 2.28. The van der Waals surface area contributed by atoms with Crippen molar-refractivity contribution in [2.24, 2.45) is 0 Å². The van der Waals surface area contributed by atoms with Crippen LogP contribution in [-0.2, 0) is 9.53 Å². The van der Waals surface area contributed by atoms with E-state index >= 15 is 0 Å². The van der Waals surface area contributed by atoms with Gasteiger partial charge < -0.3 is 10.1 Å². The van der Waals surface area contributed by atoms with Gasteiger partial charge in [0, 0.05) is 22.7 Å². The van der Waals surface area contributed by atoms with Crippen molar-refractivity contribution in [3.8, 4) is 0 Å². The molecule has 0 aromatic heterocycles. The largest absolute Gasteiger partial charge is 0.466 e. The van der Waals surface area contributed by atoms with Crippen molar-refractivity contribution in [3.63, 3.8) is 0 Å². The Labute approximate surface area is 155 Å². The number of nitro benzene ring substituents is 1. The molecule has 1 N–H and O–H groups in total. The van der Waals surface area contributed by atoms with Crippen LogP contribution in [-0.4, -0.2) is 23.4 Å². The second-order valence-electron chi connectivity index (χ2n) is 5.40. The van der Waals surface area contributed by atoms with E-state index in [0.29, 0.717) is 16.1 Å². The minimum Gasteiger partial charge on any atom is -0.466 e. The topological polar surface area (TPSA) is 98.5 Å². The van der Waals surface area contributed by atoms with Crippen LogP contribution in [0, 0.1) is 10.1 Å². The molecule has 0 bridgehead atoms. The Morgan fingerprint density at radius 3 is 2.62 bits per heavy atom. The van der Waals surface area contributed by atoms with Gasteiger partial charge in [-0.25, -0.2) is 0 Å². The number of hydrogen-bond donors (Lipinski definition) is 1. The maximum atomic E-state index is 12.5. The number of ether oxygens (including phenoxy) is 1. The standard InChI is InChI=1S/C18H17ClN2O5/c1-2-26-17(22)11-16(12-5-4-8-15(10-12)21(24)25)20-18(23)13-6-3-7-14(19)9-13/h3-10,16H,2,11H2,1H3,(H,20,23)/t16-/m1/s1. The van der Waals surface area contributed by atoms with Crippen molar-refractivity contribution in [2.45, 2.75) is 19.4 Å². The van der Waals surface area contributed by atoms with Gasteiger partial charge in [0.1, 0.15) is 0 Å². The number of nitrogens with zero attached hydrogens (tertiary/aromatic N) is 1. The van der Waals surface area contributed by atoms with E-state index in [9.17, 15) is 19.7 Å². The molecule has 1 amide bonds. The number of rotatable bonds is 7. The van der Waals surface area contributed by atoms with Crippen molar-refractivity contribution in [1.29, 1.82) is 0 Å². The van der Waals surface area contributed by atoms with Gasteiger partial charge in [0.25, 0.3) is 11.6 Å². The highest BCUT2D eigenvalue weighted by Gasteiger charge is 2.22. The number of non-ortho nitro benzene ring substituents is 1. The second-order valence-corrected chi connectivity index (χ2v) is 5.83. The fourth-order valence-corrected chi connectivity index (χ4v) is 2.56. The van der Waals surface area contributed by atoms with E-state index in [1.54, 1.807) is 31.2 Å². The van der Waals surface area contributed by atoms with Gasteiger partial charge in [0.15, 0.2) is 0 Å². The third-order valence-electron chi connectivity index (χ3n) is 3.55. The molecule has 0 radical (unpaired) electrons. The SMILES string of the molecule is CCOC(=O)C[C@@H](NC(=O)c1cccc(Cl)c1)c1cccc([N+](=O)[O-])c1. The molecule has 0 unspecified atom stereocenters. The molecular formula is C18H17ClN2O5. The first-order chi connectivity index (χ1) is 12.4. The summed E-state index contributed by atoms with van der Waals surface area (Å²) in [6.45, 7) is 1.87. The molecule has 2 aromatic carbocycles. The number of nitro groups is 1. The van der Waals surface area contributed by atoms with Crippen LogP contribution < -0.4 is 5.32 Å². The summed E-state index contributed by atoms with van der Waals surface area (Å²) in [7, 11) is 0. The van der Waals surface area contributed by atoms with Gasteiger partial charge in [-0.05, 0) is 30.7 Å². The van der Waals surface area contributed by atoms with E-state index in [0.717, 1.165) is 0 Å². The van der Waals surface area contributed by atoms with Crippen LogP contribution in [0.4, 0.5) is 5.69 Å². The summed E-state index contributed by atoms with van der Waals surface area (Å²) in [6, 6.07) is 11.3. The van der Waals surface area contributed by atoms with Crippen LogP contribution in [0.25, 0.3) is 0 Å². The highest BCUT2D eigenvalue weighted by molar-refractivity contribution is 6.30. The lowest BCUT2D eigenvalue weighted by Crippen LogP contribution is -2.30. The zero-order valence-electron chi connectivity index (χ0n) is 14.0. The number of carbonyl (C=O) groups is 2. The summed E-state index contributed by atoms with van der Waals surface area (Å²) in [5, 5.41) is 14.1. The first kappa shape index (κ1) is 19.4. The highest BCUT2D eigenvalue weighted by atomic mass is 35.5. The van der Waals surface area contributed by atoms with Crippen LogP contribution in [0.5, 0.6) is 0 Å². The fraction of sp³-hybridized carbons (Fsp3) is 0.222. The van der Waals surface area contributed by atoms with Gasteiger partial charge in [-0.2, -0.15) is 0 Å². The first-order valence-electron chi connectivity index (χ1n) is 7.87. The van der Waals surface area contributed by atoms with Crippen molar-refractivity contribution in [2.75, 3.05) is 6.61 Å². The molecule has 0 aliphatic carbocycles. The Morgan fingerprint density at radius 2 is 1.96 bits per heavy atom. The van der Waals surface area contributed by atoms with E-state index in [2.05, 4.69) is 5.32 Å². The quantitative estimate of drug-likeness (QED) is 0.451. The average molecular weight is 377 g/mol. The van der Waals surface area contributed by atoms with Crippen molar-refractivity contribution < 1.29 is 19.2 Å². The lowest BCUT2D eigenvalue weighted by Gasteiger charge is -2.18. The number of hydrogen-bond acceptors (Lipinski definition) is 5. The van der Waals surface area contributed by atoms with Crippen LogP contribution in [0.3, 0.4) is 0 Å². The molecule has 0 fully saturated rings. The molecule has 0 saturated carbocycles. The predicted molar refractivity (Wildman–Crippen MR) is 96.0 cm³/mol. The first-order valence-corrected chi connectivity index (χ1v) is 8.25. The molecular weight excluding hydrogens is 360 g/mol. The molecule has 0 saturated heterocycles. The van der Waals surface area contributed by atoms with Gasteiger partial charge >= 0.3 is 5.97 Å². The smallest absolute Gasteiger partial charge is 0.308 e. The highest BCUT2D eigenvalue weighted by Crippen LogP contribution is 2.23. The molecule has 2 rings (SSSR count). The van der Waals surface area contributed by atoms with Crippen LogP contribution in [0.15, 0.2) is 48.5 Å². The summed E-state index contributed by atoms with van der Waals surface area (Å²) in [5.41, 5.74) is 0.618. The molecule has 0 aliphatic rings. The molecule has 8 heteroatoms. The Bertz CT molecular complexity index is 825. The van der Waals surface area contributed by atoms with Crippen LogP contribution in [0.2, 0.25) is 5.02 Å². The maximum absolute atomic E-state index is 12.5. The minimum absolute atomic E-state index is 0.131. The monoisotopic (exact) mass is 376 g/mol. The molecule has 0 spiro atoms. The van der Waals surface area contributed by atoms with Gasteiger partial charge in [-0.15, -0.1) is 0 Å². The van der Waals surface area contributed by atoms with E-state index in [4.69, 9.17) is 16.3 Å². The fourth-order valence-electron chi connectivity index (χ4n) is 2.37. The number of halogens is 1. The number of esters is 1. The Morgan fingerprint density at radius 1 is 1.23 bits per heavy atom. The molecule has 0 aliphatic heterocycles. The normalized spacial score (nSPS) is 11.5. The lowest BCUT2D eigenvalue weighted by atomic mass is 10.0. The maximum Gasteiger partial charge on any atom is 0.308 e. The van der Waals surface area contributed by atoms with Gasteiger partial charge in [0.05, 0.1) is 24.0 Å². The third kappa shape index (κ3) is 5.29. The van der Waals surface area contributed by atoms with Crippen molar-refractivity contribution in [3.05, 3.63) is 74.8 Å². The van der Waals surface area contributed by atoms with E-state index in [1.165, 1.54) is 24.3 Å².